The van der Waals surface area contributed by atoms with E-state index in [0.29, 0.717) is 35.3 Å². The number of nitrogens with one attached hydrogen (secondary N) is 1. The van der Waals surface area contributed by atoms with Gasteiger partial charge in [0.05, 0.1) is 11.6 Å². The first-order valence-electron chi connectivity index (χ1n) is 9.23. The first kappa shape index (κ1) is 20.7. The molecule has 0 atom stereocenters. The maximum atomic E-state index is 12.4. The van der Waals surface area contributed by atoms with Crippen LogP contribution >= 0.6 is 11.6 Å². The van der Waals surface area contributed by atoms with Gasteiger partial charge in [-0.05, 0) is 54.8 Å². The molecular formula is C22H23ClN2O4. The molecule has 0 aromatic heterocycles. The third-order valence-electron chi connectivity index (χ3n) is 4.46. The molecule has 29 heavy (non-hydrogen) atoms. The number of carbonyl (C=O) groups excluding carboxylic acids is 2. The molecule has 1 aliphatic heterocycles. The SMILES string of the molecule is Cc1ccc(C)c(NC(=O)CN(C)C(=O)/C=C/c2cc(Cl)c3c(c2)OCCO3)c1. The van der Waals surface area contributed by atoms with E-state index < -0.39 is 0 Å². The van der Waals surface area contributed by atoms with E-state index >= 15 is 0 Å². The number of rotatable bonds is 5. The summed E-state index contributed by atoms with van der Waals surface area (Å²) in [5.74, 6) is 0.510. The van der Waals surface area contributed by atoms with Crippen molar-refractivity contribution < 1.29 is 19.1 Å². The fraction of sp³-hybridized carbons (Fsp3) is 0.273. The number of hydrogen-bond acceptors (Lipinski definition) is 4. The van der Waals surface area contributed by atoms with Gasteiger partial charge in [-0.1, -0.05) is 23.7 Å². The highest BCUT2D eigenvalue weighted by molar-refractivity contribution is 6.32. The fourth-order valence-electron chi connectivity index (χ4n) is 2.88. The average Bonchev–Trinajstić information content (AvgIpc) is 2.69. The standard InChI is InChI=1S/C22H23ClN2O4/c1-14-4-5-15(2)18(10-14)24-20(26)13-25(3)21(27)7-6-16-11-17(23)22-19(12-16)28-8-9-29-22/h4-7,10-12H,8-9,13H2,1-3H3,(H,24,26)/b7-6+. The summed E-state index contributed by atoms with van der Waals surface area (Å²) in [6.45, 7) is 4.73. The highest BCUT2D eigenvalue weighted by atomic mass is 35.5. The quantitative estimate of drug-likeness (QED) is 0.755. The van der Waals surface area contributed by atoms with Crippen LogP contribution in [0.2, 0.25) is 5.02 Å². The van der Waals surface area contributed by atoms with Gasteiger partial charge in [-0.3, -0.25) is 9.59 Å². The van der Waals surface area contributed by atoms with Crippen LogP contribution < -0.4 is 14.8 Å². The Morgan fingerprint density at radius 1 is 1.17 bits per heavy atom. The first-order valence-corrected chi connectivity index (χ1v) is 9.60. The summed E-state index contributed by atoms with van der Waals surface area (Å²) < 4.78 is 11.0. The van der Waals surface area contributed by atoms with E-state index in [1.54, 1.807) is 25.3 Å². The molecule has 0 bridgehead atoms. The summed E-state index contributed by atoms with van der Waals surface area (Å²) in [5.41, 5.74) is 3.47. The molecule has 0 aliphatic carbocycles. The summed E-state index contributed by atoms with van der Waals surface area (Å²) in [6.07, 6.45) is 3.03. The summed E-state index contributed by atoms with van der Waals surface area (Å²) >= 11 is 6.21. The third-order valence-corrected chi connectivity index (χ3v) is 4.74. The summed E-state index contributed by atoms with van der Waals surface area (Å²) in [5, 5.41) is 3.27. The van der Waals surface area contributed by atoms with Crippen LogP contribution in [-0.4, -0.2) is 43.5 Å². The van der Waals surface area contributed by atoms with Crippen LogP contribution in [-0.2, 0) is 9.59 Å². The summed E-state index contributed by atoms with van der Waals surface area (Å²) in [7, 11) is 1.58. The Kier molecular flexibility index (Phi) is 6.44. The van der Waals surface area contributed by atoms with Gasteiger partial charge in [0.15, 0.2) is 11.5 Å². The first-order chi connectivity index (χ1) is 13.8. The Balaban J connectivity index is 1.61. The molecule has 2 aromatic carbocycles. The van der Waals surface area contributed by atoms with Gasteiger partial charge < -0.3 is 19.7 Å². The lowest BCUT2D eigenvalue weighted by Gasteiger charge is -2.19. The Hall–Kier alpha value is -2.99. The average molecular weight is 415 g/mol. The zero-order valence-electron chi connectivity index (χ0n) is 16.6. The van der Waals surface area contributed by atoms with E-state index in [0.717, 1.165) is 16.8 Å². The largest absolute Gasteiger partial charge is 0.486 e. The maximum Gasteiger partial charge on any atom is 0.246 e. The molecule has 0 saturated heterocycles. The molecule has 0 fully saturated rings. The fourth-order valence-corrected chi connectivity index (χ4v) is 3.15. The number of aryl methyl sites for hydroxylation is 2. The van der Waals surface area contributed by atoms with Crippen molar-refractivity contribution in [2.45, 2.75) is 13.8 Å². The number of carbonyl (C=O) groups is 2. The molecule has 0 saturated carbocycles. The maximum absolute atomic E-state index is 12.4. The molecule has 0 radical (unpaired) electrons. The van der Waals surface area contributed by atoms with Crippen molar-refractivity contribution in [2.24, 2.45) is 0 Å². The van der Waals surface area contributed by atoms with Gasteiger partial charge in [-0.2, -0.15) is 0 Å². The molecule has 6 nitrogen and oxygen atoms in total. The monoisotopic (exact) mass is 414 g/mol. The van der Waals surface area contributed by atoms with Gasteiger partial charge in [-0.15, -0.1) is 0 Å². The van der Waals surface area contributed by atoms with Crippen LogP contribution in [0.1, 0.15) is 16.7 Å². The van der Waals surface area contributed by atoms with Gasteiger partial charge in [-0.25, -0.2) is 0 Å². The van der Waals surface area contributed by atoms with E-state index in [1.807, 2.05) is 32.0 Å². The molecule has 0 unspecified atom stereocenters. The highest BCUT2D eigenvalue weighted by Crippen LogP contribution is 2.38. The topological polar surface area (TPSA) is 67.9 Å². The normalized spacial score (nSPS) is 12.7. The molecule has 152 valence electrons. The van der Waals surface area contributed by atoms with Crippen molar-refractivity contribution in [3.05, 3.63) is 58.1 Å². The Labute approximate surface area is 175 Å². The summed E-state index contributed by atoms with van der Waals surface area (Å²) in [6, 6.07) is 9.29. The van der Waals surface area contributed by atoms with Crippen LogP contribution in [0.25, 0.3) is 6.08 Å². The van der Waals surface area contributed by atoms with Crippen molar-refractivity contribution in [1.29, 1.82) is 0 Å². The lowest BCUT2D eigenvalue weighted by atomic mass is 10.1. The number of hydrogen-bond donors (Lipinski definition) is 1. The van der Waals surface area contributed by atoms with Crippen molar-refractivity contribution >= 4 is 35.2 Å². The number of benzene rings is 2. The van der Waals surface area contributed by atoms with Crippen molar-refractivity contribution in [2.75, 3.05) is 32.1 Å². The minimum Gasteiger partial charge on any atom is -0.486 e. The van der Waals surface area contributed by atoms with E-state index in [2.05, 4.69) is 5.32 Å². The number of halogens is 1. The number of anilines is 1. The summed E-state index contributed by atoms with van der Waals surface area (Å²) in [4.78, 5) is 26.0. The van der Waals surface area contributed by atoms with Crippen LogP contribution in [0, 0.1) is 13.8 Å². The molecule has 3 rings (SSSR count). The number of ether oxygens (including phenoxy) is 2. The van der Waals surface area contributed by atoms with Crippen molar-refractivity contribution in [3.8, 4) is 11.5 Å². The van der Waals surface area contributed by atoms with E-state index in [4.69, 9.17) is 21.1 Å². The van der Waals surface area contributed by atoms with Gasteiger partial charge in [0.25, 0.3) is 0 Å². The highest BCUT2D eigenvalue weighted by Gasteiger charge is 2.16. The minimum atomic E-state index is -0.299. The number of likely N-dealkylation sites (N-methyl/N-ethyl adjacent to an activating group) is 1. The second-order valence-corrected chi connectivity index (χ2v) is 7.33. The molecule has 1 N–H and O–H groups in total. The van der Waals surface area contributed by atoms with Gasteiger partial charge in [0.2, 0.25) is 11.8 Å². The molecule has 7 heteroatoms. The van der Waals surface area contributed by atoms with E-state index in [9.17, 15) is 9.59 Å². The van der Waals surface area contributed by atoms with Crippen LogP contribution in [0.15, 0.2) is 36.4 Å². The molecule has 0 spiro atoms. The number of fused-ring (bicyclic) bond motifs is 1. The Morgan fingerprint density at radius 2 is 1.93 bits per heavy atom. The minimum absolute atomic E-state index is 0.0571. The zero-order chi connectivity index (χ0) is 21.0. The van der Waals surface area contributed by atoms with Crippen LogP contribution in [0.4, 0.5) is 5.69 Å². The zero-order valence-corrected chi connectivity index (χ0v) is 17.4. The van der Waals surface area contributed by atoms with Gasteiger partial charge >= 0.3 is 0 Å². The molecular weight excluding hydrogens is 392 g/mol. The molecule has 1 heterocycles. The molecule has 2 amide bonds. The second-order valence-electron chi connectivity index (χ2n) is 6.92. The molecule has 2 aromatic rings. The van der Waals surface area contributed by atoms with E-state index in [1.165, 1.54) is 11.0 Å². The predicted octanol–water partition coefficient (Wildman–Crippen LogP) is 3.84. The smallest absolute Gasteiger partial charge is 0.246 e. The van der Waals surface area contributed by atoms with Crippen LogP contribution in [0.5, 0.6) is 11.5 Å². The van der Waals surface area contributed by atoms with Gasteiger partial charge in [0.1, 0.15) is 13.2 Å². The molecule has 1 aliphatic rings. The third kappa shape index (κ3) is 5.29. The number of nitrogens with zero attached hydrogens (tertiary/aromatic N) is 1. The van der Waals surface area contributed by atoms with Gasteiger partial charge in [0, 0.05) is 18.8 Å². The van der Waals surface area contributed by atoms with Crippen LogP contribution in [0.3, 0.4) is 0 Å². The predicted molar refractivity (Wildman–Crippen MR) is 114 cm³/mol. The Morgan fingerprint density at radius 3 is 2.72 bits per heavy atom. The van der Waals surface area contributed by atoms with Crippen molar-refractivity contribution in [3.63, 3.8) is 0 Å². The lowest BCUT2D eigenvalue weighted by molar-refractivity contribution is -0.129. The van der Waals surface area contributed by atoms with Crippen molar-refractivity contribution in [1.82, 2.24) is 4.90 Å². The van der Waals surface area contributed by atoms with E-state index in [-0.39, 0.29) is 18.4 Å². The Bertz CT molecular complexity index is 972. The number of amides is 2. The lowest BCUT2D eigenvalue weighted by Crippen LogP contribution is -2.34. The second kappa shape index (κ2) is 9.01.